The Bertz CT molecular complexity index is 744. The monoisotopic (exact) mass is 327 g/mol. The highest BCUT2D eigenvalue weighted by Gasteiger charge is 2.24. The lowest BCUT2D eigenvalue weighted by Crippen LogP contribution is -2.40. The van der Waals surface area contributed by atoms with Gasteiger partial charge < -0.3 is 10.6 Å². The quantitative estimate of drug-likeness (QED) is 0.648. The first-order valence-corrected chi connectivity index (χ1v) is 7.29. The normalized spacial score (nSPS) is 11.5. The molecule has 2 rings (SSSR count). The largest absolute Gasteiger partial charge is 0.368 e. The molecule has 7 nitrogen and oxygen atoms in total. The van der Waals surface area contributed by atoms with Crippen LogP contribution in [0.3, 0.4) is 0 Å². The minimum atomic E-state index is -0.631. The lowest BCUT2D eigenvalue weighted by atomic mass is 10.1. The van der Waals surface area contributed by atoms with Crippen LogP contribution in [0.4, 0.5) is 5.69 Å². The topological polar surface area (TPSA) is 107 Å². The Morgan fingerprint density at radius 2 is 1.71 bits per heavy atom. The van der Waals surface area contributed by atoms with Crippen molar-refractivity contribution >= 4 is 17.5 Å². The Labute approximate surface area is 138 Å². The van der Waals surface area contributed by atoms with Gasteiger partial charge in [-0.15, -0.1) is 0 Å². The van der Waals surface area contributed by atoms with Gasteiger partial charge in [0.15, 0.2) is 0 Å². The van der Waals surface area contributed by atoms with Crippen LogP contribution in [-0.2, 0) is 4.79 Å². The number of nitro groups is 1. The fourth-order valence-electron chi connectivity index (χ4n) is 2.36. The van der Waals surface area contributed by atoms with Crippen molar-refractivity contribution in [3.63, 3.8) is 0 Å². The molecule has 0 fully saturated rings. The van der Waals surface area contributed by atoms with Crippen molar-refractivity contribution in [2.45, 2.75) is 13.0 Å². The van der Waals surface area contributed by atoms with E-state index in [0.29, 0.717) is 0 Å². The van der Waals surface area contributed by atoms with Gasteiger partial charge in [0.2, 0.25) is 5.91 Å². The zero-order valence-corrected chi connectivity index (χ0v) is 13.1. The minimum absolute atomic E-state index is 0.107. The number of amides is 2. The van der Waals surface area contributed by atoms with Crippen molar-refractivity contribution in [3.05, 3.63) is 75.8 Å². The Morgan fingerprint density at radius 1 is 1.12 bits per heavy atom. The second-order valence-corrected chi connectivity index (χ2v) is 5.29. The Balaban J connectivity index is 2.31. The number of hydrogen-bond donors (Lipinski definition) is 1. The second-order valence-electron chi connectivity index (χ2n) is 5.29. The molecule has 1 atom stereocenters. The molecule has 124 valence electrons. The molecule has 24 heavy (non-hydrogen) atoms. The van der Waals surface area contributed by atoms with Crippen molar-refractivity contribution in [1.82, 2.24) is 4.90 Å². The van der Waals surface area contributed by atoms with Crippen molar-refractivity contribution in [3.8, 4) is 0 Å². The molecular formula is C17H17N3O4. The molecule has 2 aromatic carbocycles. The van der Waals surface area contributed by atoms with Crippen LogP contribution in [0.2, 0.25) is 0 Å². The average molecular weight is 327 g/mol. The number of primary amides is 1. The third-order valence-electron chi connectivity index (χ3n) is 3.66. The van der Waals surface area contributed by atoms with E-state index in [1.165, 1.54) is 29.2 Å². The third-order valence-corrected chi connectivity index (χ3v) is 3.66. The summed E-state index contributed by atoms with van der Waals surface area (Å²) < 4.78 is 0. The van der Waals surface area contributed by atoms with Gasteiger partial charge in [-0.1, -0.05) is 30.3 Å². The van der Waals surface area contributed by atoms with Gasteiger partial charge in [-0.05, 0) is 24.6 Å². The van der Waals surface area contributed by atoms with Crippen molar-refractivity contribution in [2.24, 2.45) is 5.73 Å². The van der Waals surface area contributed by atoms with Crippen LogP contribution in [0.25, 0.3) is 0 Å². The minimum Gasteiger partial charge on any atom is -0.368 e. The molecule has 2 amide bonds. The average Bonchev–Trinajstić information content (AvgIpc) is 2.59. The first-order valence-electron chi connectivity index (χ1n) is 7.29. The molecule has 0 aliphatic carbocycles. The van der Waals surface area contributed by atoms with Gasteiger partial charge in [0, 0.05) is 17.7 Å². The summed E-state index contributed by atoms with van der Waals surface area (Å²) in [6, 6.07) is 14.1. The zero-order chi connectivity index (χ0) is 17.7. The SMILES string of the molecule is C[C@H](c1ccccc1)N(CC(N)=O)C(=O)c1ccc([N+](=O)[O-])cc1. The highest BCUT2D eigenvalue weighted by molar-refractivity contribution is 5.96. The van der Waals surface area contributed by atoms with E-state index >= 15 is 0 Å². The summed E-state index contributed by atoms with van der Waals surface area (Å²) in [5.74, 6) is -1.05. The predicted molar refractivity (Wildman–Crippen MR) is 88.2 cm³/mol. The molecule has 2 aromatic rings. The van der Waals surface area contributed by atoms with E-state index < -0.39 is 16.7 Å². The summed E-state index contributed by atoms with van der Waals surface area (Å²) in [6.45, 7) is 1.55. The van der Waals surface area contributed by atoms with E-state index in [0.717, 1.165) is 5.56 Å². The predicted octanol–water partition coefficient (Wildman–Crippen LogP) is 2.28. The molecule has 2 N–H and O–H groups in total. The fourth-order valence-corrected chi connectivity index (χ4v) is 2.36. The molecule has 7 heteroatoms. The fraction of sp³-hybridized carbons (Fsp3) is 0.176. The van der Waals surface area contributed by atoms with Gasteiger partial charge in [0.1, 0.15) is 6.54 Å². The second kappa shape index (κ2) is 7.36. The summed E-state index contributed by atoms with van der Waals surface area (Å²) in [4.78, 5) is 35.6. The number of rotatable bonds is 6. The van der Waals surface area contributed by atoms with Crippen LogP contribution < -0.4 is 5.73 Å². The summed E-state index contributed by atoms with van der Waals surface area (Å²) in [7, 11) is 0. The van der Waals surface area contributed by atoms with E-state index in [-0.39, 0.29) is 23.8 Å². The number of nitrogens with zero attached hydrogens (tertiary/aromatic N) is 2. The molecule has 0 aliphatic rings. The molecule has 0 heterocycles. The lowest BCUT2D eigenvalue weighted by molar-refractivity contribution is -0.384. The number of nitro benzene ring substituents is 1. The smallest absolute Gasteiger partial charge is 0.269 e. The third kappa shape index (κ3) is 3.95. The number of nitrogens with two attached hydrogens (primary N) is 1. The molecule has 0 saturated heterocycles. The van der Waals surface area contributed by atoms with Crippen LogP contribution in [-0.4, -0.2) is 28.2 Å². The van der Waals surface area contributed by atoms with Gasteiger partial charge in [-0.2, -0.15) is 0 Å². The van der Waals surface area contributed by atoms with E-state index in [1.807, 2.05) is 30.3 Å². The zero-order valence-electron chi connectivity index (χ0n) is 13.1. The van der Waals surface area contributed by atoms with Crippen LogP contribution in [0.5, 0.6) is 0 Å². The van der Waals surface area contributed by atoms with Crippen molar-refractivity contribution < 1.29 is 14.5 Å². The maximum Gasteiger partial charge on any atom is 0.269 e. The summed E-state index contributed by atoms with van der Waals surface area (Å²) >= 11 is 0. The maximum absolute atomic E-state index is 12.7. The highest BCUT2D eigenvalue weighted by Crippen LogP contribution is 2.22. The van der Waals surface area contributed by atoms with E-state index in [1.54, 1.807) is 6.92 Å². The Hall–Kier alpha value is -3.22. The molecule has 0 radical (unpaired) electrons. The van der Waals surface area contributed by atoms with E-state index in [4.69, 9.17) is 5.73 Å². The van der Waals surface area contributed by atoms with Crippen molar-refractivity contribution in [1.29, 1.82) is 0 Å². The molecule has 0 saturated carbocycles. The van der Waals surface area contributed by atoms with Crippen LogP contribution in [0.15, 0.2) is 54.6 Å². The van der Waals surface area contributed by atoms with E-state index in [2.05, 4.69) is 0 Å². The number of carbonyl (C=O) groups is 2. The number of hydrogen-bond acceptors (Lipinski definition) is 4. The van der Waals surface area contributed by atoms with Crippen LogP contribution in [0, 0.1) is 10.1 Å². The maximum atomic E-state index is 12.7. The standard InChI is InChI=1S/C17H17N3O4/c1-12(13-5-3-2-4-6-13)19(11-16(18)21)17(22)14-7-9-15(10-8-14)20(23)24/h2-10,12H,11H2,1H3,(H2,18,21)/t12-/m1/s1. The molecule has 0 bridgehead atoms. The van der Waals surface area contributed by atoms with Gasteiger partial charge in [-0.3, -0.25) is 19.7 Å². The number of carbonyl (C=O) groups excluding carboxylic acids is 2. The first-order chi connectivity index (χ1) is 11.4. The van der Waals surface area contributed by atoms with Gasteiger partial charge in [0.05, 0.1) is 11.0 Å². The number of benzene rings is 2. The van der Waals surface area contributed by atoms with Crippen LogP contribution in [0.1, 0.15) is 28.9 Å². The molecule has 0 aromatic heterocycles. The van der Waals surface area contributed by atoms with Crippen molar-refractivity contribution in [2.75, 3.05) is 6.54 Å². The Kier molecular flexibility index (Phi) is 5.26. The molecule has 0 aliphatic heterocycles. The summed E-state index contributed by atoms with van der Waals surface area (Å²) in [5.41, 5.74) is 6.27. The van der Waals surface area contributed by atoms with Gasteiger partial charge in [-0.25, -0.2) is 0 Å². The van der Waals surface area contributed by atoms with Crippen LogP contribution >= 0.6 is 0 Å². The summed E-state index contributed by atoms with van der Waals surface area (Å²) in [5, 5.41) is 10.7. The Morgan fingerprint density at radius 3 is 2.21 bits per heavy atom. The molecular weight excluding hydrogens is 310 g/mol. The first kappa shape index (κ1) is 17.1. The molecule has 0 spiro atoms. The number of non-ortho nitro benzene ring substituents is 1. The van der Waals surface area contributed by atoms with Gasteiger partial charge >= 0.3 is 0 Å². The van der Waals surface area contributed by atoms with E-state index in [9.17, 15) is 19.7 Å². The molecule has 0 unspecified atom stereocenters. The highest BCUT2D eigenvalue weighted by atomic mass is 16.6. The summed E-state index contributed by atoms with van der Waals surface area (Å²) in [6.07, 6.45) is 0. The lowest BCUT2D eigenvalue weighted by Gasteiger charge is -2.28. The van der Waals surface area contributed by atoms with Gasteiger partial charge in [0.25, 0.3) is 11.6 Å².